The van der Waals surface area contributed by atoms with E-state index in [1.54, 1.807) is 0 Å². The molecule has 7 heteroatoms. The average molecular weight is 351 g/mol. The fraction of sp³-hybridized carbons (Fsp3) is 0.438. The summed E-state index contributed by atoms with van der Waals surface area (Å²) in [5, 5.41) is 15.1. The lowest BCUT2D eigenvalue weighted by atomic mass is 10.1. The van der Waals surface area contributed by atoms with Gasteiger partial charge >= 0.3 is 0 Å². The number of nitrogens with zero attached hydrogens (tertiary/aromatic N) is 2. The first-order valence-electron chi connectivity index (χ1n) is 7.34. The third-order valence-corrected chi connectivity index (χ3v) is 4.98. The highest BCUT2D eigenvalue weighted by Crippen LogP contribution is 2.28. The Morgan fingerprint density at radius 2 is 1.96 bits per heavy atom. The van der Waals surface area contributed by atoms with Gasteiger partial charge in [0.05, 0.1) is 5.75 Å². The Labute approximate surface area is 145 Å². The van der Waals surface area contributed by atoms with Gasteiger partial charge in [0.15, 0.2) is 4.34 Å². The van der Waals surface area contributed by atoms with E-state index in [4.69, 9.17) is 0 Å². The van der Waals surface area contributed by atoms with Crippen molar-refractivity contribution in [2.75, 3.05) is 11.1 Å². The molecule has 0 unspecified atom stereocenters. The standard InChI is InChI=1S/C16H22N4OS2/c1-10-6-7-12(8-11(10)2)17-14-19-20-15(23-14)22-9-13(21)18-16(3,4)5/h6-8H,9H2,1-5H3,(H,17,19)(H,18,21). The Bertz CT molecular complexity index is 692. The van der Waals surface area contributed by atoms with E-state index >= 15 is 0 Å². The van der Waals surface area contributed by atoms with Crippen molar-refractivity contribution < 1.29 is 4.79 Å². The summed E-state index contributed by atoms with van der Waals surface area (Å²) in [7, 11) is 0. The topological polar surface area (TPSA) is 66.9 Å². The number of benzene rings is 1. The molecular weight excluding hydrogens is 328 g/mol. The molecule has 0 aliphatic heterocycles. The van der Waals surface area contributed by atoms with Gasteiger partial charge in [-0.15, -0.1) is 10.2 Å². The van der Waals surface area contributed by atoms with Crippen LogP contribution in [-0.4, -0.2) is 27.4 Å². The lowest BCUT2D eigenvalue weighted by Crippen LogP contribution is -2.41. The maximum atomic E-state index is 11.8. The molecule has 0 aliphatic rings. The molecule has 0 saturated carbocycles. The first kappa shape index (κ1) is 17.7. The number of hydrogen-bond donors (Lipinski definition) is 2. The second-order valence-electron chi connectivity index (χ2n) is 6.38. The maximum Gasteiger partial charge on any atom is 0.230 e. The molecule has 0 aliphatic carbocycles. The average Bonchev–Trinajstić information content (AvgIpc) is 2.86. The Balaban J connectivity index is 1.90. The number of carbonyl (C=O) groups excluding carboxylic acids is 1. The van der Waals surface area contributed by atoms with Gasteiger partial charge in [-0.05, 0) is 57.9 Å². The molecule has 2 N–H and O–H groups in total. The van der Waals surface area contributed by atoms with Gasteiger partial charge in [-0.1, -0.05) is 29.2 Å². The van der Waals surface area contributed by atoms with E-state index in [1.807, 2.05) is 26.8 Å². The van der Waals surface area contributed by atoms with Crippen LogP contribution in [0.4, 0.5) is 10.8 Å². The number of aromatic nitrogens is 2. The number of amides is 1. The first-order chi connectivity index (χ1) is 10.7. The van der Waals surface area contributed by atoms with Crippen LogP contribution in [0.1, 0.15) is 31.9 Å². The van der Waals surface area contributed by atoms with Crippen LogP contribution in [-0.2, 0) is 4.79 Å². The van der Waals surface area contributed by atoms with Gasteiger partial charge in [-0.3, -0.25) is 4.79 Å². The smallest absolute Gasteiger partial charge is 0.230 e. The lowest BCUT2D eigenvalue weighted by molar-refractivity contribution is -0.119. The fourth-order valence-electron chi connectivity index (χ4n) is 1.84. The van der Waals surface area contributed by atoms with Gasteiger partial charge in [0.25, 0.3) is 0 Å². The van der Waals surface area contributed by atoms with Crippen molar-refractivity contribution in [3.8, 4) is 0 Å². The van der Waals surface area contributed by atoms with Crippen LogP contribution in [0, 0.1) is 13.8 Å². The monoisotopic (exact) mass is 350 g/mol. The number of rotatable bonds is 5. The van der Waals surface area contributed by atoms with Crippen LogP contribution in [0.5, 0.6) is 0 Å². The fourth-order valence-corrected chi connectivity index (χ4v) is 3.42. The summed E-state index contributed by atoms with van der Waals surface area (Å²) in [6.45, 7) is 10.1. The largest absolute Gasteiger partial charge is 0.351 e. The van der Waals surface area contributed by atoms with E-state index in [0.29, 0.717) is 5.75 Å². The molecule has 0 radical (unpaired) electrons. The molecule has 0 bridgehead atoms. The Hall–Kier alpha value is -1.60. The molecule has 1 amide bonds. The van der Waals surface area contributed by atoms with E-state index in [1.165, 1.54) is 34.2 Å². The van der Waals surface area contributed by atoms with Gasteiger partial charge < -0.3 is 10.6 Å². The van der Waals surface area contributed by atoms with Gasteiger partial charge in [0.1, 0.15) is 0 Å². The molecule has 0 saturated heterocycles. The minimum atomic E-state index is -0.214. The van der Waals surface area contributed by atoms with Crippen LogP contribution in [0.3, 0.4) is 0 Å². The summed E-state index contributed by atoms with van der Waals surface area (Å²) in [4.78, 5) is 11.8. The molecule has 1 heterocycles. The van der Waals surface area contributed by atoms with E-state index in [-0.39, 0.29) is 11.4 Å². The second-order valence-corrected chi connectivity index (χ2v) is 8.58. The van der Waals surface area contributed by atoms with Crippen molar-refractivity contribution in [3.63, 3.8) is 0 Å². The van der Waals surface area contributed by atoms with E-state index in [2.05, 4.69) is 46.8 Å². The van der Waals surface area contributed by atoms with E-state index < -0.39 is 0 Å². The summed E-state index contributed by atoms with van der Waals surface area (Å²) in [6, 6.07) is 6.18. The molecule has 124 valence electrons. The minimum absolute atomic E-state index is 0.00127. The zero-order valence-electron chi connectivity index (χ0n) is 14.1. The van der Waals surface area contributed by atoms with Crippen molar-refractivity contribution in [2.45, 2.75) is 44.5 Å². The highest BCUT2D eigenvalue weighted by atomic mass is 32.2. The van der Waals surface area contributed by atoms with Gasteiger partial charge in [-0.2, -0.15) is 0 Å². The van der Waals surface area contributed by atoms with Crippen molar-refractivity contribution in [1.29, 1.82) is 0 Å². The molecule has 0 fully saturated rings. The molecular formula is C16H22N4OS2. The number of thioether (sulfide) groups is 1. The molecule has 0 atom stereocenters. The Morgan fingerprint density at radius 3 is 2.61 bits per heavy atom. The quantitative estimate of drug-likeness (QED) is 0.801. The lowest BCUT2D eigenvalue weighted by Gasteiger charge is -2.19. The van der Waals surface area contributed by atoms with Crippen LogP contribution >= 0.6 is 23.1 Å². The van der Waals surface area contributed by atoms with Crippen molar-refractivity contribution in [2.24, 2.45) is 0 Å². The Kier molecular flexibility index (Phi) is 5.64. The zero-order chi connectivity index (χ0) is 17.0. The van der Waals surface area contributed by atoms with Crippen molar-refractivity contribution in [3.05, 3.63) is 29.3 Å². The second kappa shape index (κ2) is 7.31. The molecule has 2 aromatic rings. The summed E-state index contributed by atoms with van der Waals surface area (Å²) < 4.78 is 0.778. The SMILES string of the molecule is Cc1ccc(Nc2nnc(SCC(=O)NC(C)(C)C)s2)cc1C. The predicted octanol–water partition coefficient (Wildman–Crippen LogP) is 3.91. The molecule has 5 nitrogen and oxygen atoms in total. The number of nitrogens with one attached hydrogen (secondary N) is 2. The third-order valence-electron chi connectivity index (χ3n) is 3.01. The first-order valence-corrected chi connectivity index (χ1v) is 9.15. The van der Waals surface area contributed by atoms with E-state index in [9.17, 15) is 4.79 Å². The molecule has 0 spiro atoms. The summed E-state index contributed by atoms with van der Waals surface area (Å²) in [6.07, 6.45) is 0. The zero-order valence-corrected chi connectivity index (χ0v) is 15.7. The number of anilines is 2. The normalized spacial score (nSPS) is 11.3. The van der Waals surface area contributed by atoms with Crippen LogP contribution < -0.4 is 10.6 Å². The van der Waals surface area contributed by atoms with Gasteiger partial charge in [0.2, 0.25) is 11.0 Å². The summed E-state index contributed by atoms with van der Waals surface area (Å²) >= 11 is 2.85. The number of aryl methyl sites for hydroxylation is 2. The predicted molar refractivity (Wildman–Crippen MR) is 97.7 cm³/mol. The minimum Gasteiger partial charge on any atom is -0.351 e. The van der Waals surface area contributed by atoms with Gasteiger partial charge in [0, 0.05) is 11.2 Å². The molecule has 23 heavy (non-hydrogen) atoms. The van der Waals surface area contributed by atoms with Crippen LogP contribution in [0.15, 0.2) is 22.5 Å². The summed E-state index contributed by atoms with van der Waals surface area (Å²) in [5.41, 5.74) is 3.27. The molecule has 2 rings (SSSR count). The van der Waals surface area contributed by atoms with E-state index in [0.717, 1.165) is 15.2 Å². The highest BCUT2D eigenvalue weighted by Gasteiger charge is 2.15. The van der Waals surface area contributed by atoms with Crippen molar-refractivity contribution in [1.82, 2.24) is 15.5 Å². The highest BCUT2D eigenvalue weighted by molar-refractivity contribution is 8.01. The maximum absolute atomic E-state index is 11.8. The molecule has 1 aromatic carbocycles. The number of hydrogen-bond acceptors (Lipinski definition) is 6. The van der Waals surface area contributed by atoms with Gasteiger partial charge in [-0.25, -0.2) is 0 Å². The Morgan fingerprint density at radius 1 is 1.22 bits per heavy atom. The number of carbonyl (C=O) groups is 1. The van der Waals surface area contributed by atoms with Crippen molar-refractivity contribution >= 4 is 39.8 Å². The molecule has 1 aromatic heterocycles. The van der Waals surface area contributed by atoms with Crippen LogP contribution in [0.25, 0.3) is 0 Å². The van der Waals surface area contributed by atoms with Crippen LogP contribution in [0.2, 0.25) is 0 Å². The third kappa shape index (κ3) is 5.84. The summed E-state index contributed by atoms with van der Waals surface area (Å²) in [5.74, 6) is 0.344.